The van der Waals surface area contributed by atoms with E-state index in [2.05, 4.69) is 20.9 Å². The van der Waals surface area contributed by atoms with Crippen LogP contribution in [0.1, 0.15) is 12.2 Å². The van der Waals surface area contributed by atoms with Gasteiger partial charge in [-0.3, -0.25) is 4.40 Å². The monoisotopic (exact) mass is 269 g/mol. The first kappa shape index (κ1) is 10.4. The Morgan fingerprint density at radius 3 is 3.00 bits per heavy atom. The SMILES string of the molecule is NCCCc1nc(Br)c2ccc(O)cn12. The number of pyridine rings is 1. The van der Waals surface area contributed by atoms with Crippen LogP contribution in [0, 0.1) is 0 Å². The van der Waals surface area contributed by atoms with E-state index >= 15 is 0 Å². The standard InChI is InChI=1S/C10H12BrN3O/c11-10-8-4-3-7(15)6-14(8)9(13-10)2-1-5-12/h3-4,6,15H,1-2,5,12H2. The normalized spacial score (nSPS) is 11.1. The minimum Gasteiger partial charge on any atom is -0.506 e. The molecule has 0 spiro atoms. The molecule has 0 bridgehead atoms. The maximum absolute atomic E-state index is 9.40. The average Bonchev–Trinajstić information content (AvgIpc) is 2.52. The van der Waals surface area contributed by atoms with Crippen LogP contribution in [0.2, 0.25) is 0 Å². The minimum absolute atomic E-state index is 0.237. The summed E-state index contributed by atoms with van der Waals surface area (Å²) in [5, 5.41) is 9.40. The lowest BCUT2D eigenvalue weighted by Gasteiger charge is -2.00. The van der Waals surface area contributed by atoms with Crippen molar-refractivity contribution in [3.8, 4) is 5.75 Å². The van der Waals surface area contributed by atoms with E-state index < -0.39 is 0 Å². The summed E-state index contributed by atoms with van der Waals surface area (Å²) in [4.78, 5) is 4.38. The van der Waals surface area contributed by atoms with Gasteiger partial charge in [-0.25, -0.2) is 4.98 Å². The fourth-order valence-corrected chi connectivity index (χ4v) is 2.06. The van der Waals surface area contributed by atoms with Gasteiger partial charge in [0.15, 0.2) is 0 Å². The van der Waals surface area contributed by atoms with Gasteiger partial charge in [-0.2, -0.15) is 0 Å². The molecule has 0 saturated heterocycles. The van der Waals surface area contributed by atoms with Gasteiger partial charge in [0, 0.05) is 6.42 Å². The van der Waals surface area contributed by atoms with E-state index in [1.165, 1.54) is 0 Å². The summed E-state index contributed by atoms with van der Waals surface area (Å²) in [6.07, 6.45) is 3.37. The number of aryl methyl sites for hydroxylation is 1. The first-order valence-electron chi connectivity index (χ1n) is 4.78. The van der Waals surface area contributed by atoms with Crippen LogP contribution in [-0.2, 0) is 6.42 Å². The van der Waals surface area contributed by atoms with Gasteiger partial charge in [-0.1, -0.05) is 0 Å². The number of rotatable bonds is 3. The number of fused-ring (bicyclic) bond motifs is 1. The molecule has 15 heavy (non-hydrogen) atoms. The molecule has 3 N–H and O–H groups in total. The van der Waals surface area contributed by atoms with Gasteiger partial charge in [0.25, 0.3) is 0 Å². The highest BCUT2D eigenvalue weighted by Crippen LogP contribution is 2.22. The predicted octanol–water partition coefficient (Wildman–Crippen LogP) is 1.69. The first-order valence-corrected chi connectivity index (χ1v) is 5.57. The molecule has 0 aliphatic heterocycles. The van der Waals surface area contributed by atoms with Crippen LogP contribution in [0.3, 0.4) is 0 Å². The van der Waals surface area contributed by atoms with Crippen LogP contribution < -0.4 is 5.73 Å². The number of hydrogen-bond donors (Lipinski definition) is 2. The summed E-state index contributed by atoms with van der Waals surface area (Å²) in [6, 6.07) is 3.48. The fourth-order valence-electron chi connectivity index (χ4n) is 1.53. The number of halogens is 1. The third-order valence-electron chi connectivity index (χ3n) is 2.25. The molecule has 2 heterocycles. The predicted molar refractivity (Wildman–Crippen MR) is 61.9 cm³/mol. The number of aromatic nitrogens is 2. The summed E-state index contributed by atoms with van der Waals surface area (Å²) in [5.74, 6) is 1.15. The first-order chi connectivity index (χ1) is 7.22. The van der Waals surface area contributed by atoms with Crippen molar-refractivity contribution in [3.05, 3.63) is 28.8 Å². The Morgan fingerprint density at radius 1 is 1.47 bits per heavy atom. The lowest BCUT2D eigenvalue weighted by Crippen LogP contribution is -2.02. The molecule has 0 aromatic carbocycles. The molecular formula is C10H12BrN3O. The van der Waals surface area contributed by atoms with E-state index in [4.69, 9.17) is 5.73 Å². The van der Waals surface area contributed by atoms with E-state index in [1.807, 2.05) is 10.5 Å². The molecule has 0 aliphatic rings. The molecular weight excluding hydrogens is 258 g/mol. The smallest absolute Gasteiger partial charge is 0.132 e. The van der Waals surface area contributed by atoms with Gasteiger partial charge in [0.1, 0.15) is 16.2 Å². The zero-order chi connectivity index (χ0) is 10.8. The zero-order valence-electron chi connectivity index (χ0n) is 8.15. The molecule has 0 saturated carbocycles. The highest BCUT2D eigenvalue weighted by atomic mass is 79.9. The second-order valence-electron chi connectivity index (χ2n) is 3.35. The Bertz CT molecular complexity index is 481. The quantitative estimate of drug-likeness (QED) is 0.892. The largest absolute Gasteiger partial charge is 0.506 e. The van der Waals surface area contributed by atoms with Gasteiger partial charge in [-0.15, -0.1) is 0 Å². The van der Waals surface area contributed by atoms with Crippen molar-refractivity contribution in [2.24, 2.45) is 5.73 Å². The Labute approximate surface area is 95.9 Å². The summed E-state index contributed by atoms with van der Waals surface area (Å²) >= 11 is 3.39. The average molecular weight is 270 g/mol. The number of imidazole rings is 1. The highest BCUT2D eigenvalue weighted by molar-refractivity contribution is 9.10. The molecule has 2 aromatic rings. The molecule has 0 amide bonds. The van der Waals surface area contributed by atoms with Gasteiger partial charge < -0.3 is 10.8 Å². The third-order valence-corrected chi connectivity index (χ3v) is 2.84. The van der Waals surface area contributed by atoms with Crippen molar-refractivity contribution in [1.82, 2.24) is 9.38 Å². The second kappa shape index (κ2) is 4.20. The maximum atomic E-state index is 9.40. The Morgan fingerprint density at radius 2 is 2.27 bits per heavy atom. The summed E-state index contributed by atoms with van der Waals surface area (Å²) < 4.78 is 2.68. The number of aromatic hydroxyl groups is 1. The highest BCUT2D eigenvalue weighted by Gasteiger charge is 2.08. The van der Waals surface area contributed by atoms with Crippen molar-refractivity contribution in [2.75, 3.05) is 6.54 Å². The Kier molecular flexibility index (Phi) is 2.93. The molecule has 4 nitrogen and oxygen atoms in total. The zero-order valence-corrected chi connectivity index (χ0v) is 9.74. The molecule has 80 valence electrons. The minimum atomic E-state index is 0.237. The molecule has 0 radical (unpaired) electrons. The van der Waals surface area contributed by atoms with E-state index in [-0.39, 0.29) is 5.75 Å². The lowest BCUT2D eigenvalue weighted by molar-refractivity contribution is 0.471. The van der Waals surface area contributed by atoms with Crippen molar-refractivity contribution >= 4 is 21.4 Å². The summed E-state index contributed by atoms with van der Waals surface area (Å²) in [7, 11) is 0. The molecule has 0 unspecified atom stereocenters. The summed E-state index contributed by atoms with van der Waals surface area (Å²) in [5.41, 5.74) is 6.42. The van der Waals surface area contributed by atoms with Crippen molar-refractivity contribution in [1.29, 1.82) is 0 Å². The molecule has 0 fully saturated rings. The van der Waals surface area contributed by atoms with Gasteiger partial charge >= 0.3 is 0 Å². The van der Waals surface area contributed by atoms with Gasteiger partial charge in [0.05, 0.1) is 11.7 Å². The van der Waals surface area contributed by atoms with E-state index in [0.29, 0.717) is 6.54 Å². The number of nitrogens with two attached hydrogens (primary N) is 1. The molecule has 2 rings (SSSR count). The molecule has 2 aromatic heterocycles. The van der Waals surface area contributed by atoms with Crippen LogP contribution in [0.4, 0.5) is 0 Å². The van der Waals surface area contributed by atoms with Crippen LogP contribution in [0.15, 0.2) is 22.9 Å². The molecule has 5 heteroatoms. The number of hydrogen-bond acceptors (Lipinski definition) is 3. The van der Waals surface area contributed by atoms with Crippen LogP contribution >= 0.6 is 15.9 Å². The fraction of sp³-hybridized carbons (Fsp3) is 0.300. The van der Waals surface area contributed by atoms with Gasteiger partial charge in [-0.05, 0) is 41.0 Å². The Hall–Kier alpha value is -1.07. The van der Waals surface area contributed by atoms with Crippen molar-refractivity contribution in [2.45, 2.75) is 12.8 Å². The van der Waals surface area contributed by atoms with Crippen LogP contribution in [0.25, 0.3) is 5.52 Å². The maximum Gasteiger partial charge on any atom is 0.132 e. The van der Waals surface area contributed by atoms with Crippen LogP contribution in [-0.4, -0.2) is 21.0 Å². The lowest BCUT2D eigenvalue weighted by atomic mass is 10.3. The van der Waals surface area contributed by atoms with Gasteiger partial charge in [0.2, 0.25) is 0 Å². The van der Waals surface area contributed by atoms with E-state index in [1.54, 1.807) is 12.3 Å². The van der Waals surface area contributed by atoms with E-state index in [9.17, 15) is 5.11 Å². The molecule has 0 atom stereocenters. The molecule has 0 aliphatic carbocycles. The van der Waals surface area contributed by atoms with Crippen molar-refractivity contribution in [3.63, 3.8) is 0 Å². The second-order valence-corrected chi connectivity index (χ2v) is 4.10. The third kappa shape index (κ3) is 1.98. The number of nitrogens with zero attached hydrogens (tertiary/aromatic N) is 2. The van der Waals surface area contributed by atoms with E-state index in [0.717, 1.165) is 28.8 Å². The van der Waals surface area contributed by atoms with Crippen LogP contribution in [0.5, 0.6) is 5.75 Å². The Balaban J connectivity index is 2.49. The van der Waals surface area contributed by atoms with Crippen molar-refractivity contribution < 1.29 is 5.11 Å². The topological polar surface area (TPSA) is 63.5 Å². The summed E-state index contributed by atoms with van der Waals surface area (Å²) in [6.45, 7) is 0.644.